The molecule has 1 saturated heterocycles. The molecule has 16 heteroatoms. The lowest BCUT2D eigenvalue weighted by Crippen LogP contribution is -2.51. The molecule has 1 aromatic carbocycles. The highest BCUT2D eigenvalue weighted by Crippen LogP contribution is 2.37. The van der Waals surface area contributed by atoms with Crippen molar-refractivity contribution < 1.29 is 38.9 Å². The van der Waals surface area contributed by atoms with Crippen molar-refractivity contribution in [2.75, 3.05) is 32.6 Å². The van der Waals surface area contributed by atoms with E-state index in [2.05, 4.69) is 32.6 Å². The number of ether oxygens (including phenoxy) is 1. The number of para-hydroxylation sites is 1. The molecule has 1 aliphatic carbocycles. The van der Waals surface area contributed by atoms with Crippen molar-refractivity contribution in [1.29, 1.82) is 5.41 Å². The number of amidine groups is 1. The van der Waals surface area contributed by atoms with E-state index in [0.29, 0.717) is 36.8 Å². The molecule has 1 aliphatic heterocycles. The van der Waals surface area contributed by atoms with Crippen LogP contribution in [0.15, 0.2) is 45.6 Å². The van der Waals surface area contributed by atoms with Crippen LogP contribution in [0, 0.1) is 11.3 Å². The molecule has 1 saturated carbocycles. The number of likely N-dealkylation sites (tertiary alicyclic amines) is 1. The number of nitrogens with one attached hydrogen (secondary N) is 4. The van der Waals surface area contributed by atoms with Gasteiger partial charge in [-0.05, 0) is 57.8 Å². The first-order chi connectivity index (χ1) is 21.3. The monoisotopic (exact) mass is 626 g/mol. The SMILES string of the molecule is COc1c(N/C(=C/C(N)=NC(=O)C2CC2)C(=N)C(=O)NC(O)(O)O)cccc1-c1ncc(CC(=O)NCCC2CCCN2C)o1. The van der Waals surface area contributed by atoms with Crippen molar-refractivity contribution in [3.63, 3.8) is 0 Å². The van der Waals surface area contributed by atoms with Crippen molar-refractivity contribution in [3.8, 4) is 17.2 Å². The smallest absolute Gasteiger partial charge is 0.369 e. The Morgan fingerprint density at radius 1 is 1.27 bits per heavy atom. The van der Waals surface area contributed by atoms with Crippen molar-refractivity contribution in [2.45, 2.75) is 50.7 Å². The molecule has 2 fully saturated rings. The highest BCUT2D eigenvalue weighted by atomic mass is 16.7. The highest BCUT2D eigenvalue weighted by molar-refractivity contribution is 6.45. The molecule has 0 spiro atoms. The number of aliphatic hydroxyl groups is 3. The van der Waals surface area contributed by atoms with Crippen LogP contribution in [0.4, 0.5) is 5.69 Å². The van der Waals surface area contributed by atoms with Gasteiger partial charge in [-0.2, -0.15) is 4.99 Å². The van der Waals surface area contributed by atoms with Crippen molar-refractivity contribution >= 4 is 35.0 Å². The average molecular weight is 627 g/mol. The topological polar surface area (TPSA) is 249 Å². The van der Waals surface area contributed by atoms with Crippen LogP contribution in [-0.2, 0) is 20.8 Å². The van der Waals surface area contributed by atoms with Crippen LogP contribution in [0.25, 0.3) is 11.5 Å². The quantitative estimate of drug-likeness (QED) is 0.0772. The molecule has 0 radical (unpaired) electrons. The maximum atomic E-state index is 12.5. The first-order valence-electron chi connectivity index (χ1n) is 14.4. The van der Waals surface area contributed by atoms with Crippen molar-refractivity contribution in [2.24, 2.45) is 16.6 Å². The van der Waals surface area contributed by atoms with E-state index >= 15 is 0 Å². The number of aliphatic imine (C=N–C) groups is 1. The summed E-state index contributed by atoms with van der Waals surface area (Å²) < 4.78 is 11.4. The molecule has 1 aromatic heterocycles. The van der Waals surface area contributed by atoms with E-state index in [0.717, 1.165) is 31.9 Å². The zero-order valence-corrected chi connectivity index (χ0v) is 25.0. The van der Waals surface area contributed by atoms with Crippen LogP contribution in [-0.4, -0.2) is 93.9 Å². The molecule has 2 aliphatic rings. The van der Waals surface area contributed by atoms with Gasteiger partial charge >= 0.3 is 6.10 Å². The highest BCUT2D eigenvalue weighted by Gasteiger charge is 2.30. The van der Waals surface area contributed by atoms with Crippen LogP contribution in [0.1, 0.15) is 37.9 Å². The molecule has 2 aromatic rings. The summed E-state index contributed by atoms with van der Waals surface area (Å²) in [6.07, 6.45) is 3.37. The minimum Gasteiger partial charge on any atom is -0.494 e. The normalized spacial score (nSPS) is 17.6. The summed E-state index contributed by atoms with van der Waals surface area (Å²) in [7, 11) is 3.45. The fourth-order valence-electron chi connectivity index (χ4n) is 4.86. The van der Waals surface area contributed by atoms with Gasteiger partial charge < -0.3 is 45.7 Å². The maximum absolute atomic E-state index is 12.5. The summed E-state index contributed by atoms with van der Waals surface area (Å²) in [5.74, 6) is -1.99. The summed E-state index contributed by atoms with van der Waals surface area (Å²) in [5, 5.41) is 42.9. The minimum atomic E-state index is -3.60. The molecule has 4 rings (SSSR count). The van der Waals surface area contributed by atoms with Gasteiger partial charge in [-0.3, -0.25) is 25.1 Å². The van der Waals surface area contributed by atoms with Gasteiger partial charge in [-0.15, -0.1) is 0 Å². The van der Waals surface area contributed by atoms with Gasteiger partial charge in [-0.1, -0.05) is 6.07 Å². The summed E-state index contributed by atoms with van der Waals surface area (Å²) >= 11 is 0. The zero-order valence-electron chi connectivity index (χ0n) is 25.0. The number of nitrogens with two attached hydrogens (primary N) is 1. The molecule has 45 heavy (non-hydrogen) atoms. The minimum absolute atomic E-state index is 0.0207. The second kappa shape index (κ2) is 14.4. The number of anilines is 1. The third-order valence-corrected chi connectivity index (χ3v) is 7.31. The van der Waals surface area contributed by atoms with E-state index in [1.165, 1.54) is 24.7 Å². The molecular formula is C29H38N8O8. The lowest BCUT2D eigenvalue weighted by molar-refractivity contribution is -0.325. The lowest BCUT2D eigenvalue weighted by atomic mass is 10.1. The third kappa shape index (κ3) is 9.42. The van der Waals surface area contributed by atoms with Crippen LogP contribution >= 0.6 is 0 Å². The van der Waals surface area contributed by atoms with Gasteiger partial charge in [0.15, 0.2) is 5.75 Å². The van der Waals surface area contributed by atoms with Crippen LogP contribution in [0.3, 0.4) is 0 Å². The second-order valence-corrected chi connectivity index (χ2v) is 10.9. The number of aromatic nitrogens is 1. The van der Waals surface area contributed by atoms with Crippen molar-refractivity contribution in [3.05, 3.63) is 41.9 Å². The molecule has 9 N–H and O–H groups in total. The van der Waals surface area contributed by atoms with E-state index in [-0.39, 0.29) is 47.1 Å². The van der Waals surface area contributed by atoms with Gasteiger partial charge in [0, 0.05) is 24.6 Å². The standard InChI is InChI=1S/C29H38N8O8/c1-37-12-4-5-17(37)10-11-32-23(38)13-18-15-33-28(45-18)19-6-3-7-20(25(19)44-2)34-21(24(31)27(40)36-29(41,42)43)14-22(30)35-26(39)16-8-9-16/h3,6-7,14-17,31,34,41-43H,4-5,8-13H2,1-2H3,(H,32,38)(H,36,40)(H2,30,35,39)/b21-14+,31-24?. The Labute approximate surface area is 258 Å². The molecule has 2 heterocycles. The predicted octanol–water partition coefficient (Wildman–Crippen LogP) is -0.193. The first kappa shape index (κ1) is 33.3. The fraction of sp³-hybridized carbons (Fsp3) is 0.448. The van der Waals surface area contributed by atoms with Gasteiger partial charge in [0.1, 0.15) is 17.3 Å². The summed E-state index contributed by atoms with van der Waals surface area (Å²) in [4.78, 5) is 47.5. The summed E-state index contributed by atoms with van der Waals surface area (Å²) in [5.41, 5.74) is 5.23. The number of carbonyl (C=O) groups excluding carboxylic acids is 3. The van der Waals surface area contributed by atoms with Crippen LogP contribution in [0.5, 0.6) is 5.75 Å². The molecular weight excluding hydrogens is 588 g/mol. The largest absolute Gasteiger partial charge is 0.494 e. The van der Waals surface area contributed by atoms with Crippen LogP contribution < -0.4 is 26.4 Å². The molecule has 3 amide bonds. The number of oxazole rings is 1. The van der Waals surface area contributed by atoms with Gasteiger partial charge in [0.2, 0.25) is 11.8 Å². The number of amides is 3. The molecule has 16 nitrogen and oxygen atoms in total. The van der Waals surface area contributed by atoms with E-state index in [9.17, 15) is 14.4 Å². The number of benzene rings is 1. The van der Waals surface area contributed by atoms with E-state index in [1.807, 2.05) is 0 Å². The number of hydrogen-bond acceptors (Lipinski definition) is 12. The molecule has 1 atom stereocenters. The van der Waals surface area contributed by atoms with Gasteiger partial charge in [-0.25, -0.2) is 4.98 Å². The first-order valence-corrected chi connectivity index (χ1v) is 14.4. The Kier molecular flexibility index (Phi) is 10.7. The van der Waals surface area contributed by atoms with Crippen molar-refractivity contribution in [1.82, 2.24) is 20.5 Å². The Bertz CT molecular complexity index is 1490. The van der Waals surface area contributed by atoms with Gasteiger partial charge in [0.25, 0.3) is 11.8 Å². The number of methoxy groups -OCH3 is 1. The molecule has 242 valence electrons. The van der Waals surface area contributed by atoms with Gasteiger partial charge in [0.05, 0.1) is 36.7 Å². The zero-order chi connectivity index (χ0) is 32.7. The fourth-order valence-corrected chi connectivity index (χ4v) is 4.86. The summed E-state index contributed by atoms with van der Waals surface area (Å²) in [6, 6.07) is 5.25. The van der Waals surface area contributed by atoms with E-state index < -0.39 is 23.6 Å². The van der Waals surface area contributed by atoms with E-state index in [1.54, 1.807) is 12.1 Å². The number of carbonyl (C=O) groups is 3. The third-order valence-electron chi connectivity index (χ3n) is 7.31. The Hall–Kier alpha value is -4.64. The second-order valence-electron chi connectivity index (χ2n) is 10.9. The Morgan fingerprint density at radius 2 is 2.02 bits per heavy atom. The Balaban J connectivity index is 1.52. The molecule has 0 bridgehead atoms. The average Bonchev–Trinajstić information content (AvgIpc) is 3.60. The van der Waals surface area contributed by atoms with Crippen LogP contribution in [0.2, 0.25) is 0 Å². The van der Waals surface area contributed by atoms with E-state index in [4.69, 9.17) is 35.6 Å². The number of nitrogens with zero attached hydrogens (tertiary/aromatic N) is 3. The number of hydrogen-bond donors (Lipinski definition) is 8. The summed E-state index contributed by atoms with van der Waals surface area (Å²) in [6.45, 7) is 1.62. The molecule has 1 unspecified atom stereocenters. The number of rotatable bonds is 14. The Morgan fingerprint density at radius 3 is 2.67 bits per heavy atom. The lowest BCUT2D eigenvalue weighted by Gasteiger charge is -2.19. The predicted molar refractivity (Wildman–Crippen MR) is 162 cm³/mol. The maximum Gasteiger partial charge on any atom is 0.369 e.